The molecule has 0 unspecified atom stereocenters. The second kappa shape index (κ2) is 7.62. The van der Waals surface area contributed by atoms with Crippen LogP contribution in [0.25, 0.3) is 6.08 Å². The van der Waals surface area contributed by atoms with Crippen LogP contribution in [0, 0.1) is 5.82 Å². The third-order valence-corrected chi connectivity index (χ3v) is 5.50. The number of carbonyl (C=O) groups excluding carboxylic acids is 1. The normalized spacial score (nSPS) is 19.3. The van der Waals surface area contributed by atoms with Gasteiger partial charge in [0, 0.05) is 12.7 Å². The topological polar surface area (TPSA) is 55.8 Å². The van der Waals surface area contributed by atoms with E-state index in [1.54, 1.807) is 12.1 Å². The highest BCUT2D eigenvalue weighted by atomic mass is 32.2. The first-order valence-electron chi connectivity index (χ1n) is 8.14. The summed E-state index contributed by atoms with van der Waals surface area (Å²) in [6.45, 7) is 9.08. The SMILES string of the molecule is CC(=O)SCC(=Cc1cc(F)ccc1CO)B1OC(C)(C)C(C)(C)O1. The maximum absolute atomic E-state index is 13.6. The minimum atomic E-state index is -0.633. The van der Waals surface area contributed by atoms with Gasteiger partial charge in [0.15, 0.2) is 5.12 Å². The lowest BCUT2D eigenvalue weighted by Gasteiger charge is -2.32. The number of aliphatic hydroxyl groups is 1. The predicted molar refractivity (Wildman–Crippen MR) is 99.5 cm³/mol. The highest BCUT2D eigenvalue weighted by Gasteiger charge is 2.52. The molecule has 4 nitrogen and oxygen atoms in total. The van der Waals surface area contributed by atoms with Crippen LogP contribution in [-0.2, 0) is 20.7 Å². The highest BCUT2D eigenvalue weighted by Crippen LogP contribution is 2.39. The summed E-state index contributed by atoms with van der Waals surface area (Å²) in [6, 6.07) is 4.21. The fourth-order valence-electron chi connectivity index (χ4n) is 2.40. The van der Waals surface area contributed by atoms with Crippen LogP contribution in [0.3, 0.4) is 0 Å². The summed E-state index contributed by atoms with van der Waals surface area (Å²) in [5.41, 5.74) is 0.845. The van der Waals surface area contributed by atoms with Crippen molar-refractivity contribution in [2.24, 2.45) is 0 Å². The average Bonchev–Trinajstić information content (AvgIpc) is 2.71. The highest BCUT2D eigenvalue weighted by molar-refractivity contribution is 8.13. The maximum atomic E-state index is 13.6. The molecule has 0 atom stereocenters. The maximum Gasteiger partial charge on any atom is 0.491 e. The molecule has 1 aliphatic heterocycles. The van der Waals surface area contributed by atoms with E-state index < -0.39 is 24.1 Å². The first-order chi connectivity index (χ1) is 11.6. The molecular weight excluding hydrogens is 342 g/mol. The number of thioether (sulfide) groups is 1. The number of hydrogen-bond donors (Lipinski definition) is 1. The van der Waals surface area contributed by atoms with E-state index in [0.29, 0.717) is 16.9 Å². The molecule has 1 N–H and O–H groups in total. The van der Waals surface area contributed by atoms with Gasteiger partial charge in [-0.25, -0.2) is 4.39 Å². The van der Waals surface area contributed by atoms with E-state index in [9.17, 15) is 14.3 Å². The second-order valence-electron chi connectivity index (χ2n) is 7.09. The zero-order valence-electron chi connectivity index (χ0n) is 15.3. The Kier molecular flexibility index (Phi) is 6.15. The van der Waals surface area contributed by atoms with E-state index in [-0.39, 0.29) is 11.7 Å². The quantitative estimate of drug-likeness (QED) is 0.807. The molecule has 0 saturated carbocycles. The molecule has 0 aliphatic carbocycles. The molecule has 7 heteroatoms. The largest absolute Gasteiger partial charge is 0.491 e. The van der Waals surface area contributed by atoms with Crippen LogP contribution >= 0.6 is 11.8 Å². The summed E-state index contributed by atoms with van der Waals surface area (Å²) < 4.78 is 25.8. The van der Waals surface area contributed by atoms with E-state index in [0.717, 1.165) is 17.2 Å². The summed E-state index contributed by atoms with van der Waals surface area (Å²) in [5.74, 6) is -0.0241. The molecule has 1 saturated heterocycles. The molecule has 1 heterocycles. The molecule has 1 aromatic rings. The van der Waals surface area contributed by atoms with Crippen LogP contribution < -0.4 is 0 Å². The zero-order valence-corrected chi connectivity index (χ0v) is 16.1. The van der Waals surface area contributed by atoms with Crippen molar-refractivity contribution in [3.8, 4) is 0 Å². The standard InChI is InChI=1S/C18H24BFO4S/c1-12(22)25-11-15(19-23-17(2,3)18(4,5)24-19)8-14-9-16(20)7-6-13(14)10-21/h6-9,21H,10-11H2,1-5H3. The lowest BCUT2D eigenvalue weighted by Crippen LogP contribution is -2.41. The van der Waals surface area contributed by atoms with Crippen molar-refractivity contribution >= 4 is 30.1 Å². The number of aliphatic hydroxyl groups excluding tert-OH is 1. The number of benzene rings is 1. The van der Waals surface area contributed by atoms with E-state index in [4.69, 9.17) is 9.31 Å². The molecule has 25 heavy (non-hydrogen) atoms. The minimum Gasteiger partial charge on any atom is -0.400 e. The monoisotopic (exact) mass is 366 g/mol. The Hall–Kier alpha value is -1.15. The lowest BCUT2D eigenvalue weighted by atomic mass is 9.78. The number of carbonyl (C=O) groups is 1. The second-order valence-corrected chi connectivity index (χ2v) is 8.24. The van der Waals surface area contributed by atoms with E-state index in [1.165, 1.54) is 19.1 Å². The van der Waals surface area contributed by atoms with Crippen molar-refractivity contribution in [1.82, 2.24) is 0 Å². The van der Waals surface area contributed by atoms with Gasteiger partial charge in [0.1, 0.15) is 5.82 Å². The Morgan fingerprint density at radius 3 is 2.40 bits per heavy atom. The van der Waals surface area contributed by atoms with Crippen LogP contribution in [-0.4, -0.2) is 34.3 Å². The Bertz CT molecular complexity index is 672. The van der Waals surface area contributed by atoms with Gasteiger partial charge in [-0.15, -0.1) is 0 Å². The van der Waals surface area contributed by atoms with Crippen molar-refractivity contribution in [3.63, 3.8) is 0 Å². The fourth-order valence-corrected chi connectivity index (χ4v) is 2.99. The molecule has 136 valence electrons. The number of rotatable bonds is 5. The minimum absolute atomic E-state index is 0.0240. The van der Waals surface area contributed by atoms with E-state index >= 15 is 0 Å². The summed E-state index contributed by atoms with van der Waals surface area (Å²) in [5, 5.41) is 9.47. The third kappa shape index (κ3) is 4.73. The van der Waals surface area contributed by atoms with Crippen LogP contribution in [0.2, 0.25) is 0 Å². The van der Waals surface area contributed by atoms with Gasteiger partial charge >= 0.3 is 7.12 Å². The van der Waals surface area contributed by atoms with Crippen LogP contribution in [0.15, 0.2) is 23.7 Å². The summed E-state index contributed by atoms with van der Waals surface area (Å²) in [4.78, 5) is 11.4. The molecule has 1 fully saturated rings. The first kappa shape index (κ1) is 20.2. The Balaban J connectivity index is 2.40. The van der Waals surface area contributed by atoms with Gasteiger partial charge in [0.05, 0.1) is 17.8 Å². The van der Waals surface area contributed by atoms with Gasteiger partial charge in [-0.3, -0.25) is 4.79 Å². The van der Waals surface area contributed by atoms with Crippen molar-refractivity contribution in [3.05, 3.63) is 40.6 Å². The van der Waals surface area contributed by atoms with E-state index in [1.807, 2.05) is 27.7 Å². The molecular formula is C18H24BFO4S. The molecule has 0 amide bonds. The first-order valence-corrected chi connectivity index (χ1v) is 9.13. The zero-order chi connectivity index (χ0) is 18.8. The fraction of sp³-hybridized carbons (Fsp3) is 0.500. The van der Waals surface area contributed by atoms with E-state index in [2.05, 4.69) is 0 Å². The molecule has 1 aromatic carbocycles. The molecule has 0 aromatic heterocycles. The van der Waals surface area contributed by atoms with Crippen molar-refractivity contribution in [1.29, 1.82) is 0 Å². The molecule has 1 aliphatic rings. The van der Waals surface area contributed by atoms with Crippen LogP contribution in [0.5, 0.6) is 0 Å². The smallest absolute Gasteiger partial charge is 0.400 e. The lowest BCUT2D eigenvalue weighted by molar-refractivity contribution is -0.109. The van der Waals surface area contributed by atoms with Crippen molar-refractivity contribution in [2.45, 2.75) is 52.4 Å². The van der Waals surface area contributed by atoms with Gasteiger partial charge in [-0.2, -0.15) is 0 Å². The van der Waals surface area contributed by atoms with Crippen molar-refractivity contribution < 1.29 is 23.6 Å². The van der Waals surface area contributed by atoms with Gasteiger partial charge in [0.2, 0.25) is 0 Å². The summed E-state index contributed by atoms with van der Waals surface area (Å²) in [7, 11) is -0.633. The Morgan fingerprint density at radius 1 is 1.28 bits per heavy atom. The van der Waals surface area contributed by atoms with Gasteiger partial charge in [-0.1, -0.05) is 23.9 Å². The Labute approximate surface area is 152 Å². The van der Waals surface area contributed by atoms with Gasteiger partial charge in [0.25, 0.3) is 0 Å². The number of halogens is 1. The van der Waals surface area contributed by atoms with Crippen LogP contribution in [0.4, 0.5) is 4.39 Å². The van der Waals surface area contributed by atoms with Crippen LogP contribution in [0.1, 0.15) is 45.7 Å². The van der Waals surface area contributed by atoms with Gasteiger partial charge < -0.3 is 14.4 Å². The summed E-state index contributed by atoms with van der Waals surface area (Å²) >= 11 is 1.14. The summed E-state index contributed by atoms with van der Waals surface area (Å²) in [6.07, 6.45) is 1.74. The third-order valence-electron chi connectivity index (χ3n) is 4.62. The average molecular weight is 366 g/mol. The molecule has 0 spiro atoms. The molecule has 0 radical (unpaired) electrons. The molecule has 2 rings (SSSR count). The molecule has 0 bridgehead atoms. The van der Waals surface area contributed by atoms with Gasteiger partial charge in [-0.05, 0) is 56.4 Å². The Morgan fingerprint density at radius 2 is 1.88 bits per heavy atom. The number of hydrogen-bond acceptors (Lipinski definition) is 5. The predicted octanol–water partition coefficient (Wildman–Crippen LogP) is 3.61. The van der Waals surface area contributed by atoms with Crippen molar-refractivity contribution in [2.75, 3.05) is 5.75 Å².